The van der Waals surface area contributed by atoms with E-state index in [1.807, 2.05) is 4.90 Å². The topological polar surface area (TPSA) is 68.8 Å². The molecule has 2 rings (SSSR count). The number of hydrogen-bond donors (Lipinski definition) is 0. The van der Waals surface area contributed by atoms with Gasteiger partial charge in [-0.1, -0.05) is 0 Å². The lowest BCUT2D eigenvalue weighted by Crippen LogP contribution is -2.43. The minimum Gasteiger partial charge on any atom is -0.452 e. The predicted octanol–water partition coefficient (Wildman–Crippen LogP) is 2.41. The molecular weight excluding hydrogens is 372 g/mol. The molecule has 0 N–H and O–H groups in total. The fraction of sp³-hybridized carbons (Fsp3) is 0.600. The molecule has 18 heavy (non-hydrogen) atoms. The molecule has 0 radical (unpaired) electrons. The van der Waals surface area contributed by atoms with Gasteiger partial charge in [0.1, 0.15) is 11.8 Å². The van der Waals surface area contributed by atoms with Crippen LogP contribution in [-0.4, -0.2) is 41.1 Å². The van der Waals surface area contributed by atoms with Crippen molar-refractivity contribution in [1.29, 1.82) is 0 Å². The summed E-state index contributed by atoms with van der Waals surface area (Å²) in [4.78, 5) is 11.7. The molecule has 2 atom stereocenters. The van der Waals surface area contributed by atoms with Crippen LogP contribution in [0.1, 0.15) is 11.8 Å². The fourth-order valence-electron chi connectivity index (χ4n) is 1.95. The molecule has 0 aromatic carbocycles. The molecule has 2 unspecified atom stereocenters. The van der Waals surface area contributed by atoms with Gasteiger partial charge in [0.05, 0.1) is 13.2 Å². The van der Waals surface area contributed by atoms with Gasteiger partial charge in [-0.05, 0) is 44.0 Å². The van der Waals surface area contributed by atoms with Gasteiger partial charge in [-0.3, -0.25) is 15.0 Å². The maximum atomic E-state index is 11.0. The van der Waals surface area contributed by atoms with Crippen molar-refractivity contribution in [2.24, 2.45) is 0 Å². The third-order valence-electron chi connectivity index (χ3n) is 2.79. The molecule has 0 saturated carbocycles. The van der Waals surface area contributed by atoms with Crippen molar-refractivity contribution in [2.75, 3.05) is 26.3 Å². The Labute approximate surface area is 121 Å². The van der Waals surface area contributed by atoms with Crippen molar-refractivity contribution < 1.29 is 14.1 Å². The van der Waals surface area contributed by atoms with Gasteiger partial charge >= 0.3 is 0 Å². The summed E-state index contributed by atoms with van der Waals surface area (Å²) in [5, 5.41) is 11.0. The number of alkyl halides is 1. The van der Waals surface area contributed by atoms with Gasteiger partial charge in [0.15, 0.2) is 4.67 Å². The number of hydrogen-bond acceptors (Lipinski definition) is 5. The lowest BCUT2D eigenvalue weighted by atomic mass is 10.2. The van der Waals surface area contributed by atoms with Crippen LogP contribution in [0.3, 0.4) is 0 Å². The van der Waals surface area contributed by atoms with E-state index < -0.39 is 11.0 Å². The molecule has 1 aliphatic rings. The lowest BCUT2D eigenvalue weighted by molar-refractivity contribution is -0.502. The van der Waals surface area contributed by atoms with Crippen LogP contribution >= 0.6 is 31.9 Å². The fourth-order valence-corrected chi connectivity index (χ4v) is 2.86. The largest absolute Gasteiger partial charge is 0.452 e. The Morgan fingerprint density at radius 3 is 2.56 bits per heavy atom. The summed E-state index contributed by atoms with van der Waals surface area (Å²) in [6, 6.07) is 3.06. The third-order valence-corrected chi connectivity index (χ3v) is 4.05. The van der Waals surface area contributed by atoms with Crippen LogP contribution in [0.4, 0.5) is 0 Å². The van der Waals surface area contributed by atoms with E-state index >= 15 is 0 Å². The summed E-state index contributed by atoms with van der Waals surface area (Å²) in [6.07, 6.45) is 0. The number of morpholine rings is 1. The standard InChI is InChI=1S/C10H12Br2N2O4/c11-8-2-1-7(18-8)9(10(12)14(15)16)13-3-5-17-6-4-13/h1-2,9-10H,3-6H2. The molecule has 100 valence electrons. The van der Waals surface area contributed by atoms with E-state index in [0.29, 0.717) is 36.7 Å². The van der Waals surface area contributed by atoms with Crippen molar-refractivity contribution in [2.45, 2.75) is 11.0 Å². The monoisotopic (exact) mass is 382 g/mol. The molecular formula is C10H12Br2N2O4. The quantitative estimate of drug-likeness (QED) is 0.345. The molecule has 1 saturated heterocycles. The highest BCUT2D eigenvalue weighted by Crippen LogP contribution is 2.32. The number of rotatable bonds is 4. The Morgan fingerprint density at radius 2 is 2.06 bits per heavy atom. The molecule has 8 heteroatoms. The Hall–Kier alpha value is -0.440. The van der Waals surface area contributed by atoms with E-state index in [2.05, 4.69) is 31.9 Å². The first kappa shape index (κ1) is 14.0. The van der Waals surface area contributed by atoms with E-state index in [1.54, 1.807) is 12.1 Å². The lowest BCUT2D eigenvalue weighted by Gasteiger charge is -2.32. The van der Waals surface area contributed by atoms with E-state index in [4.69, 9.17) is 9.15 Å². The van der Waals surface area contributed by atoms with Gasteiger partial charge < -0.3 is 9.15 Å². The number of nitrogens with zero attached hydrogens (tertiary/aromatic N) is 2. The highest BCUT2D eigenvalue weighted by molar-refractivity contribution is 9.10. The molecule has 0 amide bonds. The van der Waals surface area contributed by atoms with E-state index in [1.165, 1.54) is 0 Å². The maximum absolute atomic E-state index is 11.0. The van der Waals surface area contributed by atoms with E-state index in [-0.39, 0.29) is 4.92 Å². The van der Waals surface area contributed by atoms with Crippen LogP contribution < -0.4 is 0 Å². The summed E-state index contributed by atoms with van der Waals surface area (Å²) in [6.45, 7) is 2.46. The summed E-state index contributed by atoms with van der Waals surface area (Å²) < 4.78 is 11.3. The van der Waals surface area contributed by atoms with Gasteiger partial charge in [0, 0.05) is 18.0 Å². The zero-order valence-corrected chi connectivity index (χ0v) is 12.6. The summed E-state index contributed by atoms with van der Waals surface area (Å²) >= 11 is 6.35. The molecule has 1 fully saturated rings. The Kier molecular flexibility index (Phi) is 4.77. The number of halogens is 2. The van der Waals surface area contributed by atoms with Crippen LogP contribution in [0.2, 0.25) is 0 Å². The zero-order valence-electron chi connectivity index (χ0n) is 9.42. The van der Waals surface area contributed by atoms with Crippen LogP contribution in [0.15, 0.2) is 21.2 Å². The Balaban J connectivity index is 2.24. The average Bonchev–Trinajstić information content (AvgIpc) is 2.77. The van der Waals surface area contributed by atoms with Crippen LogP contribution in [-0.2, 0) is 4.74 Å². The molecule has 0 spiro atoms. The summed E-state index contributed by atoms with van der Waals surface area (Å²) in [5.74, 6) is 0.572. The second kappa shape index (κ2) is 6.14. The number of furan rings is 1. The van der Waals surface area contributed by atoms with Crippen molar-refractivity contribution in [3.63, 3.8) is 0 Å². The first-order valence-corrected chi connectivity index (χ1v) is 7.15. The summed E-state index contributed by atoms with van der Waals surface area (Å²) in [5.41, 5.74) is 0. The van der Waals surface area contributed by atoms with Gasteiger partial charge in [-0.25, -0.2) is 0 Å². The minimum atomic E-state index is -0.909. The third kappa shape index (κ3) is 3.11. The second-order valence-electron chi connectivity index (χ2n) is 3.89. The second-order valence-corrected chi connectivity index (χ2v) is 5.61. The van der Waals surface area contributed by atoms with Crippen molar-refractivity contribution in [3.8, 4) is 0 Å². The number of ether oxygens (including phenoxy) is 1. The first-order chi connectivity index (χ1) is 8.59. The van der Waals surface area contributed by atoms with Gasteiger partial charge in [-0.15, -0.1) is 0 Å². The molecule has 1 aromatic heterocycles. The Bertz CT molecular complexity index is 420. The maximum Gasteiger partial charge on any atom is 0.288 e. The van der Waals surface area contributed by atoms with Gasteiger partial charge in [-0.2, -0.15) is 0 Å². The van der Waals surface area contributed by atoms with Crippen molar-refractivity contribution >= 4 is 31.9 Å². The van der Waals surface area contributed by atoms with Gasteiger partial charge in [0.25, 0.3) is 4.95 Å². The van der Waals surface area contributed by atoms with Crippen LogP contribution in [0, 0.1) is 10.1 Å². The SMILES string of the molecule is O=[N+]([O-])C(Br)C(c1ccc(Br)o1)N1CCOCC1. The van der Waals surface area contributed by atoms with Crippen molar-refractivity contribution in [1.82, 2.24) is 4.90 Å². The zero-order chi connectivity index (χ0) is 13.1. The van der Waals surface area contributed by atoms with E-state index in [9.17, 15) is 10.1 Å². The highest BCUT2D eigenvalue weighted by atomic mass is 79.9. The average molecular weight is 384 g/mol. The van der Waals surface area contributed by atoms with Gasteiger partial charge in [0.2, 0.25) is 0 Å². The Morgan fingerprint density at radius 1 is 1.39 bits per heavy atom. The first-order valence-electron chi connectivity index (χ1n) is 5.44. The van der Waals surface area contributed by atoms with E-state index in [0.717, 1.165) is 0 Å². The molecule has 6 nitrogen and oxygen atoms in total. The highest BCUT2D eigenvalue weighted by Gasteiger charge is 2.38. The molecule has 1 aromatic rings. The molecule has 2 heterocycles. The molecule has 1 aliphatic heterocycles. The number of nitro groups is 1. The molecule has 0 aliphatic carbocycles. The van der Waals surface area contributed by atoms with Crippen LogP contribution in [0.25, 0.3) is 0 Å². The predicted molar refractivity (Wildman–Crippen MR) is 71.3 cm³/mol. The smallest absolute Gasteiger partial charge is 0.288 e. The van der Waals surface area contributed by atoms with Crippen molar-refractivity contribution in [3.05, 3.63) is 32.7 Å². The minimum absolute atomic E-state index is 0.351. The normalized spacial score (nSPS) is 20.6. The molecule has 0 bridgehead atoms. The summed E-state index contributed by atoms with van der Waals surface area (Å²) in [7, 11) is 0. The van der Waals surface area contributed by atoms with Crippen LogP contribution in [0.5, 0.6) is 0 Å².